The number of likely N-dealkylation sites (N-methyl/N-ethyl adjacent to an activating group) is 1. The van der Waals surface area contributed by atoms with Gasteiger partial charge in [-0.3, -0.25) is 0 Å². The first kappa shape index (κ1) is 16.0. The molecule has 0 aromatic carbocycles. The minimum Gasteiger partial charge on any atom is -0.448 e. The lowest BCUT2D eigenvalue weighted by molar-refractivity contribution is 0.0928. The lowest BCUT2D eigenvalue weighted by Gasteiger charge is -2.31. The van der Waals surface area contributed by atoms with Gasteiger partial charge in [-0.1, -0.05) is 13.8 Å². The van der Waals surface area contributed by atoms with E-state index in [4.69, 9.17) is 9.15 Å². The van der Waals surface area contributed by atoms with Crippen molar-refractivity contribution in [3.8, 4) is 6.08 Å². The van der Waals surface area contributed by atoms with E-state index in [-0.39, 0.29) is 5.54 Å². The molecular formula is C14H27N3O2. The highest BCUT2D eigenvalue weighted by Gasteiger charge is 2.22. The van der Waals surface area contributed by atoms with Crippen LogP contribution in [0.25, 0.3) is 0 Å². The molecule has 0 saturated carbocycles. The summed E-state index contributed by atoms with van der Waals surface area (Å²) in [5.74, 6) is 0.628. The molecule has 0 unspecified atom stereocenters. The Morgan fingerprint density at radius 3 is 2.68 bits per heavy atom. The van der Waals surface area contributed by atoms with Crippen LogP contribution in [0, 0.1) is 5.92 Å². The number of hydrogen-bond acceptors (Lipinski definition) is 5. The summed E-state index contributed by atoms with van der Waals surface area (Å²) < 4.78 is 10.9. The van der Waals surface area contributed by atoms with Crippen LogP contribution in [0.3, 0.4) is 0 Å². The van der Waals surface area contributed by atoms with Crippen LogP contribution in [0.4, 0.5) is 0 Å². The molecule has 1 N–H and O–H groups in total. The molecule has 0 saturated heterocycles. The average molecular weight is 269 g/mol. The second kappa shape index (κ2) is 6.91. The molecule has 0 radical (unpaired) electrons. The van der Waals surface area contributed by atoms with Gasteiger partial charge >= 0.3 is 6.08 Å². The molecule has 19 heavy (non-hydrogen) atoms. The van der Waals surface area contributed by atoms with E-state index >= 15 is 0 Å². The fourth-order valence-corrected chi connectivity index (χ4v) is 1.29. The van der Waals surface area contributed by atoms with Gasteiger partial charge < -0.3 is 19.4 Å². The minimum atomic E-state index is -0.0511. The number of rotatable bonds is 8. The largest absolute Gasteiger partial charge is 0.448 e. The Morgan fingerprint density at radius 1 is 1.42 bits per heavy atom. The normalized spacial score (nSPS) is 12.4. The SMILES string of the molecule is CC(C)CNCc1coc(OCC(C)(C)N(C)C)n1. The Morgan fingerprint density at radius 2 is 2.11 bits per heavy atom. The monoisotopic (exact) mass is 269 g/mol. The third-order valence-corrected chi connectivity index (χ3v) is 3.15. The fourth-order valence-electron chi connectivity index (χ4n) is 1.29. The van der Waals surface area contributed by atoms with Crippen molar-refractivity contribution in [2.24, 2.45) is 5.92 Å². The molecule has 0 aliphatic heterocycles. The van der Waals surface area contributed by atoms with Gasteiger partial charge in [0.05, 0.1) is 5.69 Å². The van der Waals surface area contributed by atoms with Gasteiger partial charge in [0.15, 0.2) is 0 Å². The highest BCUT2D eigenvalue weighted by Crippen LogP contribution is 2.15. The standard InChI is InChI=1S/C14H27N3O2/c1-11(2)7-15-8-12-9-18-13(16-12)19-10-14(3,4)17(5)6/h9,11,15H,7-8,10H2,1-6H3. The average Bonchev–Trinajstić information content (AvgIpc) is 2.74. The third kappa shape index (κ3) is 5.61. The van der Waals surface area contributed by atoms with Gasteiger partial charge in [0.25, 0.3) is 0 Å². The quantitative estimate of drug-likeness (QED) is 0.783. The van der Waals surface area contributed by atoms with Gasteiger partial charge in [-0.2, -0.15) is 4.98 Å². The van der Waals surface area contributed by atoms with Crippen LogP contribution < -0.4 is 10.1 Å². The Labute approximate surface area is 116 Å². The Balaban J connectivity index is 2.38. The first-order valence-electron chi connectivity index (χ1n) is 6.76. The van der Waals surface area contributed by atoms with Crippen molar-refractivity contribution < 1.29 is 9.15 Å². The van der Waals surface area contributed by atoms with Crippen molar-refractivity contribution in [2.75, 3.05) is 27.2 Å². The smallest absolute Gasteiger partial charge is 0.393 e. The van der Waals surface area contributed by atoms with E-state index in [1.165, 1.54) is 0 Å². The second-order valence-corrected chi connectivity index (χ2v) is 6.13. The van der Waals surface area contributed by atoms with Crippen LogP contribution in [0.5, 0.6) is 6.08 Å². The molecule has 0 aliphatic carbocycles. The van der Waals surface area contributed by atoms with E-state index in [0.717, 1.165) is 12.2 Å². The third-order valence-electron chi connectivity index (χ3n) is 3.15. The summed E-state index contributed by atoms with van der Waals surface area (Å²) in [6.07, 6.45) is 1.99. The summed E-state index contributed by atoms with van der Waals surface area (Å²) in [6, 6.07) is 0. The van der Waals surface area contributed by atoms with E-state index in [9.17, 15) is 0 Å². The van der Waals surface area contributed by atoms with Crippen molar-refractivity contribution in [3.63, 3.8) is 0 Å². The summed E-state index contributed by atoms with van der Waals surface area (Å²) in [6.45, 7) is 10.8. The molecule has 0 amide bonds. The molecule has 0 aliphatic rings. The summed E-state index contributed by atoms with van der Waals surface area (Å²) in [5, 5.41) is 3.32. The molecule has 1 heterocycles. The highest BCUT2D eigenvalue weighted by atomic mass is 16.6. The number of oxazole rings is 1. The lowest BCUT2D eigenvalue weighted by atomic mass is 10.1. The minimum absolute atomic E-state index is 0.0511. The number of hydrogen-bond donors (Lipinski definition) is 1. The van der Waals surface area contributed by atoms with Crippen molar-refractivity contribution >= 4 is 0 Å². The lowest BCUT2D eigenvalue weighted by Crippen LogP contribution is -2.43. The summed E-state index contributed by atoms with van der Waals surface area (Å²) >= 11 is 0. The van der Waals surface area contributed by atoms with Gasteiger partial charge in [-0.15, -0.1) is 0 Å². The first-order valence-corrected chi connectivity index (χ1v) is 6.76. The van der Waals surface area contributed by atoms with E-state index < -0.39 is 0 Å². The van der Waals surface area contributed by atoms with Gasteiger partial charge in [0, 0.05) is 12.1 Å². The molecular weight excluding hydrogens is 242 g/mol. The van der Waals surface area contributed by atoms with E-state index in [1.807, 2.05) is 14.1 Å². The number of nitrogens with zero attached hydrogens (tertiary/aromatic N) is 2. The van der Waals surface area contributed by atoms with Crippen LogP contribution in [0.15, 0.2) is 10.7 Å². The zero-order valence-electron chi connectivity index (χ0n) is 13.0. The maximum atomic E-state index is 5.59. The van der Waals surface area contributed by atoms with Crippen molar-refractivity contribution in [2.45, 2.75) is 39.8 Å². The molecule has 0 bridgehead atoms. The zero-order chi connectivity index (χ0) is 14.5. The molecule has 1 rings (SSSR count). The predicted molar refractivity (Wildman–Crippen MR) is 76.3 cm³/mol. The van der Waals surface area contributed by atoms with Gasteiger partial charge in [-0.25, -0.2) is 0 Å². The molecule has 5 heteroatoms. The van der Waals surface area contributed by atoms with Crippen LogP contribution >= 0.6 is 0 Å². The van der Waals surface area contributed by atoms with Gasteiger partial charge in [0.2, 0.25) is 0 Å². The number of aromatic nitrogens is 1. The molecule has 0 spiro atoms. The molecule has 1 aromatic heterocycles. The first-order chi connectivity index (χ1) is 8.81. The Kier molecular flexibility index (Phi) is 5.82. The second-order valence-electron chi connectivity index (χ2n) is 6.13. The molecule has 110 valence electrons. The maximum absolute atomic E-state index is 5.59. The molecule has 0 atom stereocenters. The van der Waals surface area contributed by atoms with Crippen LogP contribution in [0.1, 0.15) is 33.4 Å². The molecule has 1 aromatic rings. The Hall–Kier alpha value is -1.07. The van der Waals surface area contributed by atoms with Crippen LogP contribution in [-0.2, 0) is 6.54 Å². The van der Waals surface area contributed by atoms with Crippen molar-refractivity contribution in [1.29, 1.82) is 0 Å². The fraction of sp³-hybridized carbons (Fsp3) is 0.786. The Bertz CT molecular complexity index is 373. The van der Waals surface area contributed by atoms with Crippen LogP contribution in [0.2, 0.25) is 0 Å². The van der Waals surface area contributed by atoms with E-state index in [1.54, 1.807) is 6.26 Å². The maximum Gasteiger partial charge on any atom is 0.393 e. The topological polar surface area (TPSA) is 50.5 Å². The number of nitrogens with one attached hydrogen (secondary N) is 1. The summed E-state index contributed by atoms with van der Waals surface area (Å²) in [4.78, 5) is 6.41. The predicted octanol–water partition coefficient (Wildman–Crippen LogP) is 2.14. The summed E-state index contributed by atoms with van der Waals surface area (Å²) in [7, 11) is 4.06. The zero-order valence-corrected chi connectivity index (χ0v) is 13.0. The van der Waals surface area contributed by atoms with E-state index in [2.05, 4.69) is 42.9 Å². The van der Waals surface area contributed by atoms with Crippen molar-refractivity contribution in [1.82, 2.24) is 15.2 Å². The van der Waals surface area contributed by atoms with Gasteiger partial charge in [0.1, 0.15) is 12.9 Å². The van der Waals surface area contributed by atoms with E-state index in [0.29, 0.717) is 25.1 Å². The molecule has 5 nitrogen and oxygen atoms in total. The summed E-state index contributed by atoms with van der Waals surface area (Å²) in [5.41, 5.74) is 0.822. The van der Waals surface area contributed by atoms with Crippen LogP contribution in [-0.4, -0.2) is 42.7 Å². The van der Waals surface area contributed by atoms with Gasteiger partial charge in [-0.05, 0) is 40.4 Å². The van der Waals surface area contributed by atoms with Crippen molar-refractivity contribution in [3.05, 3.63) is 12.0 Å². The highest BCUT2D eigenvalue weighted by molar-refractivity contribution is 5.00. The molecule has 0 fully saturated rings. The number of ether oxygens (including phenoxy) is 1.